The molecule has 1 aliphatic heterocycles. The predicted molar refractivity (Wildman–Crippen MR) is 201 cm³/mol. The number of ether oxygens (including phenoxy) is 4. The fourth-order valence-electron chi connectivity index (χ4n) is 5.49. The second-order valence-corrected chi connectivity index (χ2v) is 15.0. The van der Waals surface area contributed by atoms with Gasteiger partial charge in [-0.15, -0.1) is 0 Å². The third-order valence-electron chi connectivity index (χ3n) is 8.63. The summed E-state index contributed by atoms with van der Waals surface area (Å²) in [7, 11) is -1.51. The summed E-state index contributed by atoms with van der Waals surface area (Å²) in [5, 5.41) is 3.01. The first kappa shape index (κ1) is 40.2. The molecule has 2 heterocycles. The Hall–Kier alpha value is -5.49. The van der Waals surface area contributed by atoms with Crippen LogP contribution in [0.5, 0.6) is 28.7 Å². The average Bonchev–Trinajstić information content (AvgIpc) is 3.15. The van der Waals surface area contributed by atoms with Crippen molar-refractivity contribution >= 4 is 39.1 Å². The summed E-state index contributed by atoms with van der Waals surface area (Å²) in [6.07, 6.45) is -2.48. The first-order valence-electron chi connectivity index (χ1n) is 16.8. The number of amides is 1. The van der Waals surface area contributed by atoms with Gasteiger partial charge < -0.3 is 23.8 Å². The number of H-pyrrole nitrogens is 1. The molecule has 19 heteroatoms. The molecule has 0 spiro atoms. The Bertz CT molecular complexity index is 2440. The van der Waals surface area contributed by atoms with Gasteiger partial charge in [-0.1, -0.05) is 47.5 Å². The van der Waals surface area contributed by atoms with E-state index in [1.807, 2.05) is 0 Å². The van der Waals surface area contributed by atoms with E-state index in [-0.39, 0.29) is 56.9 Å². The standard InChI is InChI=1S/C37H33Cl2F2N5O9S/c1-52-25-8-4-22(5-9-25)19-45(20-32(47)44-14-3-15-44)56(50,51)31-18-27(12-13-30(31)54-21-23-6-10-26(53-2)11-7-23)55-34-28(38)16-24(17-29(34)39)46-37(49)42-36(48)33(43-46)35(40)41/h4-13,16-18,35H,3,14-15,19-21H2,1-2H3,(H,42,48,49). The topological polar surface area (TPSA) is 162 Å². The van der Waals surface area contributed by atoms with Gasteiger partial charge in [0.05, 0.1) is 36.5 Å². The summed E-state index contributed by atoms with van der Waals surface area (Å²) >= 11 is 13.0. The van der Waals surface area contributed by atoms with Crippen LogP contribution in [0, 0.1) is 0 Å². The Morgan fingerprint density at radius 1 is 0.893 bits per heavy atom. The highest BCUT2D eigenvalue weighted by atomic mass is 35.5. The van der Waals surface area contributed by atoms with Crippen LogP contribution in [0.3, 0.4) is 0 Å². The molecule has 0 saturated carbocycles. The maximum atomic E-state index is 14.7. The van der Waals surface area contributed by atoms with Gasteiger partial charge in [-0.25, -0.2) is 22.0 Å². The number of methoxy groups -OCH3 is 2. The van der Waals surface area contributed by atoms with Gasteiger partial charge in [0.15, 0.2) is 11.4 Å². The molecule has 1 saturated heterocycles. The number of carbonyl (C=O) groups excluding carboxylic acids is 1. The zero-order valence-corrected chi connectivity index (χ0v) is 32.0. The Morgan fingerprint density at radius 2 is 1.48 bits per heavy atom. The second-order valence-electron chi connectivity index (χ2n) is 12.3. The van der Waals surface area contributed by atoms with Crippen molar-refractivity contribution < 1.29 is 40.9 Å². The summed E-state index contributed by atoms with van der Waals surface area (Å²) in [5.41, 5.74) is -2.59. The SMILES string of the molecule is COc1ccc(COc2ccc(Oc3c(Cl)cc(-n4nc(C(F)F)c(=O)[nH]c4=O)cc3Cl)cc2S(=O)(=O)N(CC(=O)N2CCC2)Cc2ccc(OC)cc2)cc1. The van der Waals surface area contributed by atoms with E-state index in [0.29, 0.717) is 40.4 Å². The summed E-state index contributed by atoms with van der Waals surface area (Å²) in [4.78, 5) is 40.5. The Balaban J connectivity index is 1.38. The van der Waals surface area contributed by atoms with Crippen LogP contribution in [0.25, 0.3) is 5.69 Å². The van der Waals surface area contributed by atoms with Gasteiger partial charge in [0, 0.05) is 25.7 Å². The second kappa shape index (κ2) is 17.1. The van der Waals surface area contributed by atoms with Gasteiger partial charge in [-0.2, -0.15) is 14.1 Å². The molecule has 1 aliphatic rings. The highest BCUT2D eigenvalue weighted by molar-refractivity contribution is 7.89. The van der Waals surface area contributed by atoms with E-state index in [0.717, 1.165) is 22.9 Å². The zero-order valence-electron chi connectivity index (χ0n) is 29.7. The number of benzene rings is 4. The summed E-state index contributed by atoms with van der Waals surface area (Å²) in [6, 6.07) is 19.9. The number of likely N-dealkylation sites (tertiary alicyclic amines) is 1. The number of rotatable bonds is 15. The molecule has 1 aromatic heterocycles. The number of sulfonamides is 1. The third kappa shape index (κ3) is 8.97. The van der Waals surface area contributed by atoms with Crippen LogP contribution in [0.4, 0.5) is 8.78 Å². The molecule has 1 fully saturated rings. The number of hydrogen-bond donors (Lipinski definition) is 1. The van der Waals surface area contributed by atoms with Crippen molar-refractivity contribution in [2.75, 3.05) is 33.9 Å². The average molecular weight is 833 g/mol. The van der Waals surface area contributed by atoms with Crippen LogP contribution in [-0.2, 0) is 28.0 Å². The summed E-state index contributed by atoms with van der Waals surface area (Å²) in [6.45, 7) is 0.328. The largest absolute Gasteiger partial charge is 0.497 e. The lowest BCUT2D eigenvalue weighted by molar-refractivity contribution is -0.134. The predicted octanol–water partition coefficient (Wildman–Crippen LogP) is 5.98. The van der Waals surface area contributed by atoms with E-state index < -0.39 is 39.9 Å². The monoisotopic (exact) mass is 831 g/mol. The van der Waals surface area contributed by atoms with E-state index in [9.17, 15) is 31.6 Å². The van der Waals surface area contributed by atoms with Gasteiger partial charge >= 0.3 is 5.69 Å². The fourth-order valence-corrected chi connectivity index (χ4v) is 7.56. The summed E-state index contributed by atoms with van der Waals surface area (Å²) < 4.78 is 80.3. The quantitative estimate of drug-likeness (QED) is 0.133. The van der Waals surface area contributed by atoms with Crippen molar-refractivity contribution in [3.05, 3.63) is 127 Å². The molecular weight excluding hydrogens is 799 g/mol. The molecule has 14 nitrogen and oxygen atoms in total. The molecule has 0 radical (unpaired) electrons. The number of alkyl halides is 2. The number of halogens is 4. The maximum absolute atomic E-state index is 14.7. The van der Waals surface area contributed by atoms with E-state index in [1.54, 1.807) is 58.4 Å². The number of nitrogens with one attached hydrogen (secondary N) is 1. The molecule has 6 rings (SSSR count). The molecular formula is C37H33Cl2F2N5O9S. The van der Waals surface area contributed by atoms with Gasteiger partial charge in [0.2, 0.25) is 15.9 Å². The van der Waals surface area contributed by atoms with Crippen molar-refractivity contribution in [2.45, 2.75) is 30.9 Å². The van der Waals surface area contributed by atoms with Gasteiger partial charge in [0.1, 0.15) is 34.5 Å². The molecule has 5 aromatic rings. The Labute approximate surface area is 328 Å². The molecule has 1 amide bonds. The smallest absolute Gasteiger partial charge is 0.349 e. The van der Waals surface area contributed by atoms with E-state index in [4.69, 9.17) is 42.1 Å². The minimum atomic E-state index is -4.54. The van der Waals surface area contributed by atoms with Gasteiger partial charge in [0.25, 0.3) is 12.0 Å². The molecule has 294 valence electrons. The maximum Gasteiger partial charge on any atom is 0.349 e. The van der Waals surface area contributed by atoms with Crippen LogP contribution >= 0.6 is 23.2 Å². The number of aromatic amines is 1. The van der Waals surface area contributed by atoms with Crippen LogP contribution in [-0.4, -0.2) is 72.1 Å². The summed E-state index contributed by atoms with van der Waals surface area (Å²) in [5.74, 6) is 0.470. The normalized spacial score (nSPS) is 12.8. The lowest BCUT2D eigenvalue weighted by Gasteiger charge is -2.33. The molecule has 1 N–H and O–H groups in total. The Kier molecular flexibility index (Phi) is 12.3. The van der Waals surface area contributed by atoms with E-state index in [2.05, 4.69) is 5.10 Å². The van der Waals surface area contributed by atoms with Gasteiger partial charge in [-0.05, 0) is 66.1 Å². The molecule has 56 heavy (non-hydrogen) atoms. The van der Waals surface area contributed by atoms with Crippen molar-refractivity contribution in [1.82, 2.24) is 24.0 Å². The van der Waals surface area contributed by atoms with Crippen molar-refractivity contribution in [3.63, 3.8) is 0 Å². The highest BCUT2D eigenvalue weighted by Gasteiger charge is 2.33. The first-order valence-corrected chi connectivity index (χ1v) is 19.0. The number of carbonyl (C=O) groups is 1. The highest BCUT2D eigenvalue weighted by Crippen LogP contribution is 2.40. The Morgan fingerprint density at radius 3 is 2.04 bits per heavy atom. The first-order chi connectivity index (χ1) is 26.8. The molecule has 4 aromatic carbocycles. The van der Waals surface area contributed by atoms with Crippen molar-refractivity contribution in [3.8, 4) is 34.4 Å². The molecule has 0 aliphatic carbocycles. The molecule has 0 bridgehead atoms. The van der Waals surface area contributed by atoms with E-state index >= 15 is 0 Å². The van der Waals surface area contributed by atoms with Crippen molar-refractivity contribution in [2.24, 2.45) is 0 Å². The van der Waals surface area contributed by atoms with Crippen LogP contribution < -0.4 is 30.2 Å². The van der Waals surface area contributed by atoms with Gasteiger partial charge in [-0.3, -0.25) is 14.6 Å². The molecule has 0 unspecified atom stereocenters. The van der Waals surface area contributed by atoms with Crippen LogP contribution in [0.15, 0.2) is 93.3 Å². The van der Waals surface area contributed by atoms with E-state index in [1.165, 1.54) is 32.4 Å². The minimum Gasteiger partial charge on any atom is -0.497 e. The number of hydrogen-bond acceptors (Lipinski definition) is 10. The third-order valence-corrected chi connectivity index (χ3v) is 11.0. The number of nitrogens with zero attached hydrogens (tertiary/aromatic N) is 4. The van der Waals surface area contributed by atoms with Crippen LogP contribution in [0.1, 0.15) is 29.7 Å². The number of aromatic nitrogens is 3. The van der Waals surface area contributed by atoms with Crippen LogP contribution in [0.2, 0.25) is 10.0 Å². The lowest BCUT2D eigenvalue weighted by Crippen LogP contribution is -2.48. The lowest BCUT2D eigenvalue weighted by atomic mass is 10.2. The molecule has 0 atom stereocenters. The minimum absolute atomic E-state index is 0.0392. The zero-order chi connectivity index (χ0) is 40.1. The fraction of sp³-hybridized carbons (Fsp3) is 0.243. The van der Waals surface area contributed by atoms with Crippen molar-refractivity contribution in [1.29, 1.82) is 0 Å².